The van der Waals surface area contributed by atoms with E-state index in [0.29, 0.717) is 12.5 Å². The molecule has 1 heterocycles. The molecule has 2 aromatic rings. The zero-order valence-corrected chi connectivity index (χ0v) is 17.4. The van der Waals surface area contributed by atoms with Gasteiger partial charge in [0.15, 0.2) is 6.54 Å². The van der Waals surface area contributed by atoms with E-state index in [0.717, 1.165) is 6.42 Å². The number of likely N-dealkylation sites (N-methyl/N-ethyl adjacent to an activating group) is 2. The maximum absolute atomic E-state index is 12.4. The fourth-order valence-electron chi connectivity index (χ4n) is 2.91. The molecule has 0 aliphatic heterocycles. The number of rotatable bonds is 9. The SMILES string of the molecule is CC[C@@H](C)c1ccc([C@@H]([NH2+]CC(=O)N(C)CC(=O)NC)c2cccs2)cc1. The van der Waals surface area contributed by atoms with Gasteiger partial charge < -0.3 is 15.5 Å². The monoisotopic (exact) mass is 388 g/mol. The predicted molar refractivity (Wildman–Crippen MR) is 110 cm³/mol. The molecule has 0 unspecified atom stereocenters. The van der Waals surface area contributed by atoms with Crippen LogP contribution in [0.5, 0.6) is 0 Å². The van der Waals surface area contributed by atoms with Crippen molar-refractivity contribution >= 4 is 23.2 Å². The highest BCUT2D eigenvalue weighted by atomic mass is 32.1. The second kappa shape index (κ2) is 10.2. The van der Waals surface area contributed by atoms with Gasteiger partial charge >= 0.3 is 0 Å². The third-order valence-corrected chi connectivity index (χ3v) is 5.90. The molecule has 0 saturated heterocycles. The van der Waals surface area contributed by atoms with Gasteiger partial charge in [0, 0.05) is 19.7 Å². The summed E-state index contributed by atoms with van der Waals surface area (Å²) in [6.07, 6.45) is 1.12. The molecule has 0 radical (unpaired) electrons. The summed E-state index contributed by atoms with van der Waals surface area (Å²) in [5, 5.41) is 6.65. The first-order valence-corrected chi connectivity index (χ1v) is 10.2. The van der Waals surface area contributed by atoms with Crippen LogP contribution in [0.3, 0.4) is 0 Å². The molecule has 0 spiro atoms. The third kappa shape index (κ3) is 5.91. The van der Waals surface area contributed by atoms with Crippen LogP contribution in [0.15, 0.2) is 41.8 Å². The van der Waals surface area contributed by atoms with Crippen LogP contribution in [-0.2, 0) is 9.59 Å². The van der Waals surface area contributed by atoms with Gasteiger partial charge in [-0.25, -0.2) is 0 Å². The molecule has 1 aromatic carbocycles. The minimum Gasteiger partial charge on any atom is -0.358 e. The zero-order valence-electron chi connectivity index (χ0n) is 16.6. The Morgan fingerprint density at radius 1 is 1.19 bits per heavy atom. The van der Waals surface area contributed by atoms with E-state index in [1.165, 1.54) is 20.9 Å². The van der Waals surface area contributed by atoms with Crippen molar-refractivity contribution in [3.63, 3.8) is 0 Å². The first kappa shape index (κ1) is 21.1. The predicted octanol–water partition coefficient (Wildman–Crippen LogP) is 2.12. The molecule has 0 fully saturated rings. The number of nitrogens with two attached hydrogens (primary N) is 1. The molecule has 0 saturated carbocycles. The second-order valence-corrected chi connectivity index (χ2v) is 7.81. The van der Waals surface area contributed by atoms with Gasteiger partial charge in [-0.05, 0) is 29.3 Å². The van der Waals surface area contributed by atoms with E-state index in [2.05, 4.69) is 54.9 Å². The van der Waals surface area contributed by atoms with Crippen LogP contribution in [0.1, 0.15) is 48.2 Å². The number of quaternary nitrogens is 1. The molecule has 2 atom stereocenters. The lowest BCUT2D eigenvalue weighted by Gasteiger charge is -2.19. The molecule has 27 heavy (non-hydrogen) atoms. The summed E-state index contributed by atoms with van der Waals surface area (Å²) in [5.74, 6) is 0.320. The van der Waals surface area contributed by atoms with E-state index in [-0.39, 0.29) is 24.4 Å². The fraction of sp³-hybridized carbons (Fsp3) is 0.429. The third-order valence-electron chi connectivity index (χ3n) is 4.94. The number of hydrogen-bond acceptors (Lipinski definition) is 3. The van der Waals surface area contributed by atoms with Gasteiger partial charge in [0.2, 0.25) is 5.91 Å². The van der Waals surface area contributed by atoms with Crippen LogP contribution >= 0.6 is 11.3 Å². The molecular weight excluding hydrogens is 358 g/mol. The van der Waals surface area contributed by atoms with Crippen LogP contribution in [0.4, 0.5) is 0 Å². The van der Waals surface area contributed by atoms with Crippen LogP contribution in [0.25, 0.3) is 0 Å². The Bertz CT molecular complexity index is 728. The summed E-state index contributed by atoms with van der Waals surface area (Å²) in [5.41, 5.74) is 2.53. The number of carbonyl (C=O) groups is 2. The van der Waals surface area contributed by atoms with Crippen LogP contribution < -0.4 is 10.6 Å². The standard InChI is InChI=1S/C21H29N3O2S/c1-5-15(2)16-8-10-17(11-9-16)21(18-7-6-12-27-18)23-13-20(26)24(4)14-19(25)22-3/h6-12,15,21,23H,5,13-14H2,1-4H3,(H,22,25)/p+1/t15-,21-/m1/s1. The van der Waals surface area contributed by atoms with Gasteiger partial charge in [0.05, 0.1) is 11.4 Å². The molecular formula is C21H30N3O2S+. The van der Waals surface area contributed by atoms with E-state index in [9.17, 15) is 9.59 Å². The largest absolute Gasteiger partial charge is 0.358 e. The van der Waals surface area contributed by atoms with Crippen LogP contribution in [0, 0.1) is 0 Å². The van der Waals surface area contributed by atoms with Crippen molar-refractivity contribution in [1.29, 1.82) is 0 Å². The molecule has 0 aliphatic carbocycles. The summed E-state index contributed by atoms with van der Waals surface area (Å²) in [6, 6.07) is 12.9. The summed E-state index contributed by atoms with van der Waals surface area (Å²) in [7, 11) is 3.23. The quantitative estimate of drug-likeness (QED) is 0.691. The minimum atomic E-state index is -0.165. The first-order valence-electron chi connectivity index (χ1n) is 9.37. The van der Waals surface area contributed by atoms with Crippen LogP contribution in [-0.4, -0.2) is 43.9 Å². The Hall–Kier alpha value is -2.18. The summed E-state index contributed by atoms with van der Waals surface area (Å²) in [6.45, 7) is 4.81. The van der Waals surface area contributed by atoms with Gasteiger partial charge in [0.1, 0.15) is 6.04 Å². The summed E-state index contributed by atoms with van der Waals surface area (Å²) in [4.78, 5) is 26.6. The number of thiophene rings is 1. The van der Waals surface area contributed by atoms with Crippen LogP contribution in [0.2, 0.25) is 0 Å². The number of amides is 2. The molecule has 146 valence electrons. The normalized spacial score (nSPS) is 13.0. The Kier molecular flexibility index (Phi) is 8.00. The van der Waals surface area contributed by atoms with Gasteiger partial charge in [-0.3, -0.25) is 9.59 Å². The van der Waals surface area contributed by atoms with Crippen molar-refractivity contribution in [1.82, 2.24) is 10.2 Å². The number of carbonyl (C=O) groups excluding carboxylic acids is 2. The zero-order chi connectivity index (χ0) is 19.8. The molecule has 0 bridgehead atoms. The molecule has 5 nitrogen and oxygen atoms in total. The number of nitrogens with zero attached hydrogens (tertiary/aromatic N) is 1. The second-order valence-electron chi connectivity index (χ2n) is 6.83. The van der Waals surface area contributed by atoms with E-state index >= 15 is 0 Å². The lowest BCUT2D eigenvalue weighted by Crippen LogP contribution is -2.87. The van der Waals surface area contributed by atoms with E-state index in [1.54, 1.807) is 25.4 Å². The van der Waals surface area contributed by atoms with Crippen molar-refractivity contribution in [2.45, 2.75) is 32.2 Å². The highest BCUT2D eigenvalue weighted by Crippen LogP contribution is 2.25. The van der Waals surface area contributed by atoms with E-state index in [4.69, 9.17) is 0 Å². The number of nitrogens with one attached hydrogen (secondary N) is 1. The Morgan fingerprint density at radius 3 is 2.41 bits per heavy atom. The topological polar surface area (TPSA) is 66.0 Å². The van der Waals surface area contributed by atoms with Crippen molar-refractivity contribution in [2.24, 2.45) is 0 Å². The summed E-state index contributed by atoms with van der Waals surface area (Å²) >= 11 is 1.69. The number of benzene rings is 1. The van der Waals surface area contributed by atoms with Crippen molar-refractivity contribution in [3.8, 4) is 0 Å². The molecule has 3 N–H and O–H groups in total. The maximum atomic E-state index is 12.4. The van der Waals surface area contributed by atoms with Gasteiger partial charge in [-0.1, -0.05) is 44.2 Å². The lowest BCUT2D eigenvalue weighted by atomic mass is 9.95. The molecule has 6 heteroatoms. The summed E-state index contributed by atoms with van der Waals surface area (Å²) < 4.78 is 0. The average molecular weight is 389 g/mol. The maximum Gasteiger partial charge on any atom is 0.277 e. The molecule has 2 rings (SSSR count). The van der Waals surface area contributed by atoms with Gasteiger partial charge in [0.25, 0.3) is 5.91 Å². The fourth-order valence-corrected chi connectivity index (χ4v) is 3.76. The number of hydrogen-bond donors (Lipinski definition) is 2. The van der Waals surface area contributed by atoms with Crippen molar-refractivity contribution < 1.29 is 14.9 Å². The van der Waals surface area contributed by atoms with Gasteiger partial charge in [-0.15, -0.1) is 11.3 Å². The smallest absolute Gasteiger partial charge is 0.277 e. The average Bonchev–Trinajstić information content (AvgIpc) is 3.22. The highest BCUT2D eigenvalue weighted by molar-refractivity contribution is 7.10. The van der Waals surface area contributed by atoms with E-state index in [1.807, 2.05) is 11.4 Å². The highest BCUT2D eigenvalue weighted by Gasteiger charge is 2.22. The Morgan fingerprint density at radius 2 is 1.85 bits per heavy atom. The lowest BCUT2D eigenvalue weighted by molar-refractivity contribution is -0.676. The first-order chi connectivity index (χ1) is 13.0. The van der Waals surface area contributed by atoms with Gasteiger partial charge in [-0.2, -0.15) is 0 Å². The minimum absolute atomic E-state index is 0.0589. The van der Waals surface area contributed by atoms with E-state index < -0.39 is 0 Å². The van der Waals surface area contributed by atoms with Crippen molar-refractivity contribution in [3.05, 3.63) is 57.8 Å². The Balaban J connectivity index is 2.10. The molecule has 1 aromatic heterocycles. The molecule has 0 aliphatic rings. The molecule has 2 amide bonds. The van der Waals surface area contributed by atoms with Crippen molar-refractivity contribution in [2.75, 3.05) is 27.2 Å². The Labute approximate surface area is 165 Å².